The Morgan fingerprint density at radius 2 is 2.15 bits per heavy atom. The van der Waals surface area contributed by atoms with Gasteiger partial charge in [0.05, 0.1) is 7.11 Å². The first-order chi connectivity index (χ1) is 9.72. The first-order valence-electron chi connectivity index (χ1n) is 7.79. The largest absolute Gasteiger partial charge is 0.496 e. The fourth-order valence-electron chi connectivity index (χ4n) is 3.11. The molecule has 0 amide bonds. The first-order valence-corrected chi connectivity index (χ1v) is 7.79. The topological polar surface area (TPSA) is 24.5 Å². The molecule has 3 heteroatoms. The van der Waals surface area contributed by atoms with Crippen molar-refractivity contribution in [3.63, 3.8) is 0 Å². The molecule has 2 rings (SSSR count). The number of nitrogens with zero attached hydrogens (tertiary/aromatic N) is 1. The lowest BCUT2D eigenvalue weighted by atomic mass is 10.00. The summed E-state index contributed by atoms with van der Waals surface area (Å²) in [5, 5.41) is 3.63. The lowest BCUT2D eigenvalue weighted by molar-refractivity contribution is 0.174. The van der Waals surface area contributed by atoms with Crippen molar-refractivity contribution in [3.05, 3.63) is 29.8 Å². The van der Waals surface area contributed by atoms with E-state index in [1.807, 2.05) is 12.1 Å². The van der Waals surface area contributed by atoms with Crippen molar-refractivity contribution in [1.82, 2.24) is 10.2 Å². The second-order valence-electron chi connectivity index (χ2n) is 5.84. The second kappa shape index (κ2) is 7.65. The van der Waals surface area contributed by atoms with Crippen LogP contribution >= 0.6 is 0 Å². The molecule has 0 saturated carbocycles. The van der Waals surface area contributed by atoms with Crippen LogP contribution in [0.15, 0.2) is 24.3 Å². The molecule has 112 valence electrons. The number of piperidine rings is 1. The van der Waals surface area contributed by atoms with Crippen molar-refractivity contribution in [2.45, 2.75) is 44.7 Å². The van der Waals surface area contributed by atoms with Gasteiger partial charge in [0.1, 0.15) is 5.75 Å². The molecule has 0 aliphatic carbocycles. The van der Waals surface area contributed by atoms with Crippen LogP contribution in [0.4, 0.5) is 0 Å². The highest BCUT2D eigenvalue weighted by Gasteiger charge is 2.18. The molecule has 1 fully saturated rings. The number of likely N-dealkylation sites (tertiary alicyclic amines) is 1. The van der Waals surface area contributed by atoms with Gasteiger partial charge < -0.3 is 15.0 Å². The molecule has 1 heterocycles. The molecular formula is C17H28N2O. The van der Waals surface area contributed by atoms with E-state index in [0.717, 1.165) is 18.3 Å². The van der Waals surface area contributed by atoms with Crippen LogP contribution in [-0.2, 0) is 0 Å². The normalized spacial score (nSPS) is 21.6. The smallest absolute Gasteiger partial charge is 0.123 e. The van der Waals surface area contributed by atoms with Gasteiger partial charge in [-0.15, -0.1) is 0 Å². The SMILES string of the molecule is COc1ccccc1[C@@H](C)NCCC1CCCCN1C. The number of hydrogen-bond acceptors (Lipinski definition) is 3. The molecule has 20 heavy (non-hydrogen) atoms. The highest BCUT2D eigenvalue weighted by atomic mass is 16.5. The van der Waals surface area contributed by atoms with Crippen LogP contribution in [0.5, 0.6) is 5.75 Å². The summed E-state index contributed by atoms with van der Waals surface area (Å²) in [5.74, 6) is 0.974. The van der Waals surface area contributed by atoms with Crippen LogP contribution < -0.4 is 10.1 Å². The number of para-hydroxylation sites is 1. The van der Waals surface area contributed by atoms with Crippen molar-refractivity contribution in [2.75, 3.05) is 27.2 Å². The van der Waals surface area contributed by atoms with E-state index in [4.69, 9.17) is 4.74 Å². The predicted octanol–water partition coefficient (Wildman–Crippen LogP) is 3.22. The molecule has 0 radical (unpaired) electrons. The minimum Gasteiger partial charge on any atom is -0.496 e. The van der Waals surface area contributed by atoms with Crippen molar-refractivity contribution in [1.29, 1.82) is 0 Å². The fourth-order valence-corrected chi connectivity index (χ4v) is 3.11. The van der Waals surface area contributed by atoms with Gasteiger partial charge in [-0.25, -0.2) is 0 Å². The van der Waals surface area contributed by atoms with Gasteiger partial charge in [-0.1, -0.05) is 24.6 Å². The maximum atomic E-state index is 5.43. The Morgan fingerprint density at radius 3 is 2.90 bits per heavy atom. The van der Waals surface area contributed by atoms with E-state index in [2.05, 4.69) is 36.3 Å². The summed E-state index contributed by atoms with van der Waals surface area (Å²) in [7, 11) is 4.00. The molecule has 0 aromatic heterocycles. The van der Waals surface area contributed by atoms with Crippen LogP contribution in [0.2, 0.25) is 0 Å². The molecule has 0 spiro atoms. The maximum absolute atomic E-state index is 5.43. The van der Waals surface area contributed by atoms with Crippen LogP contribution in [0.3, 0.4) is 0 Å². The van der Waals surface area contributed by atoms with E-state index >= 15 is 0 Å². The van der Waals surface area contributed by atoms with Gasteiger partial charge in [-0.05, 0) is 52.4 Å². The average molecular weight is 276 g/mol. The highest BCUT2D eigenvalue weighted by Crippen LogP contribution is 2.24. The zero-order chi connectivity index (χ0) is 14.4. The summed E-state index contributed by atoms with van der Waals surface area (Å²) in [6.07, 6.45) is 5.33. The van der Waals surface area contributed by atoms with E-state index in [0.29, 0.717) is 6.04 Å². The zero-order valence-electron chi connectivity index (χ0n) is 13.1. The summed E-state index contributed by atoms with van der Waals surface area (Å²) >= 11 is 0. The maximum Gasteiger partial charge on any atom is 0.123 e. The number of ether oxygens (including phenoxy) is 1. The molecule has 1 aliphatic rings. The third kappa shape index (κ3) is 3.97. The van der Waals surface area contributed by atoms with Crippen LogP contribution in [0, 0.1) is 0 Å². The molecule has 0 bridgehead atoms. The zero-order valence-corrected chi connectivity index (χ0v) is 13.1. The molecule has 1 aromatic rings. The fraction of sp³-hybridized carbons (Fsp3) is 0.647. The van der Waals surface area contributed by atoms with Crippen LogP contribution in [0.1, 0.15) is 44.2 Å². The number of benzene rings is 1. The van der Waals surface area contributed by atoms with E-state index in [1.165, 1.54) is 37.8 Å². The van der Waals surface area contributed by atoms with Gasteiger partial charge in [0.2, 0.25) is 0 Å². The predicted molar refractivity (Wildman–Crippen MR) is 84.3 cm³/mol. The average Bonchev–Trinajstić information content (AvgIpc) is 2.49. The van der Waals surface area contributed by atoms with Gasteiger partial charge in [0.25, 0.3) is 0 Å². The first kappa shape index (κ1) is 15.3. The number of hydrogen-bond donors (Lipinski definition) is 1. The summed E-state index contributed by atoms with van der Waals surface area (Å²) in [5.41, 5.74) is 1.24. The van der Waals surface area contributed by atoms with Crippen LogP contribution in [0.25, 0.3) is 0 Å². The highest BCUT2D eigenvalue weighted by molar-refractivity contribution is 5.35. The number of methoxy groups -OCH3 is 1. The summed E-state index contributed by atoms with van der Waals surface area (Å²) in [6, 6.07) is 9.35. The summed E-state index contributed by atoms with van der Waals surface area (Å²) in [4.78, 5) is 2.51. The monoisotopic (exact) mass is 276 g/mol. The third-order valence-electron chi connectivity index (χ3n) is 4.46. The Hall–Kier alpha value is -1.06. The van der Waals surface area contributed by atoms with Gasteiger partial charge >= 0.3 is 0 Å². The second-order valence-corrected chi connectivity index (χ2v) is 5.84. The van der Waals surface area contributed by atoms with E-state index in [1.54, 1.807) is 7.11 Å². The molecule has 3 nitrogen and oxygen atoms in total. The van der Waals surface area contributed by atoms with E-state index in [9.17, 15) is 0 Å². The van der Waals surface area contributed by atoms with Crippen LogP contribution in [-0.4, -0.2) is 38.2 Å². The van der Waals surface area contributed by atoms with Crippen molar-refractivity contribution < 1.29 is 4.74 Å². The number of rotatable bonds is 6. The molecule has 1 N–H and O–H groups in total. The van der Waals surface area contributed by atoms with Gasteiger partial charge in [0.15, 0.2) is 0 Å². The van der Waals surface area contributed by atoms with Crippen molar-refractivity contribution in [2.24, 2.45) is 0 Å². The molecule has 1 saturated heterocycles. The summed E-state index contributed by atoms with van der Waals surface area (Å²) < 4.78 is 5.43. The van der Waals surface area contributed by atoms with E-state index < -0.39 is 0 Å². The minimum absolute atomic E-state index is 0.333. The molecular weight excluding hydrogens is 248 g/mol. The van der Waals surface area contributed by atoms with Gasteiger partial charge in [-0.3, -0.25) is 0 Å². The lowest BCUT2D eigenvalue weighted by Gasteiger charge is -2.32. The molecule has 1 aliphatic heterocycles. The Kier molecular flexibility index (Phi) is 5.86. The van der Waals surface area contributed by atoms with Crippen molar-refractivity contribution >= 4 is 0 Å². The van der Waals surface area contributed by atoms with E-state index in [-0.39, 0.29) is 0 Å². The van der Waals surface area contributed by atoms with Gasteiger partial charge in [0, 0.05) is 17.6 Å². The Bertz CT molecular complexity index is 408. The third-order valence-corrected chi connectivity index (χ3v) is 4.46. The Morgan fingerprint density at radius 1 is 1.35 bits per heavy atom. The van der Waals surface area contributed by atoms with Crippen molar-refractivity contribution in [3.8, 4) is 5.75 Å². The number of nitrogens with one attached hydrogen (secondary N) is 1. The minimum atomic E-state index is 0.333. The lowest BCUT2D eigenvalue weighted by Crippen LogP contribution is -2.38. The molecule has 1 unspecified atom stereocenters. The standard InChI is InChI=1S/C17H28N2O/c1-14(16-9-4-5-10-17(16)20-3)18-12-11-15-8-6-7-13-19(15)2/h4-5,9-10,14-15,18H,6-8,11-13H2,1-3H3/t14-,15?/m1/s1. The van der Waals surface area contributed by atoms with Gasteiger partial charge in [-0.2, -0.15) is 0 Å². The molecule has 1 aromatic carbocycles. The Balaban J connectivity index is 1.81. The summed E-state index contributed by atoms with van der Waals surface area (Å²) in [6.45, 7) is 4.53. The Labute approximate surface area is 123 Å². The molecule has 2 atom stereocenters. The quantitative estimate of drug-likeness (QED) is 0.863.